The van der Waals surface area contributed by atoms with Crippen LogP contribution in [0.25, 0.3) is 0 Å². The number of urea groups is 1. The Labute approximate surface area is 227 Å². The molecule has 0 aliphatic carbocycles. The van der Waals surface area contributed by atoms with E-state index in [1.165, 1.54) is 4.90 Å². The maximum absolute atomic E-state index is 13.5. The van der Waals surface area contributed by atoms with Crippen molar-refractivity contribution in [3.63, 3.8) is 0 Å². The summed E-state index contributed by atoms with van der Waals surface area (Å²) in [7, 11) is 3.16. The van der Waals surface area contributed by atoms with E-state index in [0.29, 0.717) is 46.0 Å². The Hall–Kier alpha value is -3.36. The molecule has 1 aromatic heterocycles. The van der Waals surface area contributed by atoms with Crippen LogP contribution < -0.4 is 14.8 Å². The number of hydrogen-bond donors (Lipinski definition) is 1. The van der Waals surface area contributed by atoms with E-state index in [0.717, 1.165) is 5.56 Å². The minimum absolute atomic E-state index is 0.141. The molecule has 0 aliphatic heterocycles. The van der Waals surface area contributed by atoms with Gasteiger partial charge in [0.25, 0.3) is 0 Å². The molecular formula is C27H31Cl2N3O5. The first-order chi connectivity index (χ1) is 17.7. The molecule has 198 valence electrons. The fourth-order valence-electron chi connectivity index (χ4n) is 3.71. The van der Waals surface area contributed by atoms with Crippen molar-refractivity contribution in [1.82, 2.24) is 9.80 Å². The molecule has 1 heterocycles. The second-order valence-electron chi connectivity index (χ2n) is 8.58. The lowest BCUT2D eigenvalue weighted by Crippen LogP contribution is -2.47. The maximum Gasteiger partial charge on any atom is 0.322 e. The lowest BCUT2D eigenvalue weighted by molar-refractivity contribution is -0.133. The van der Waals surface area contributed by atoms with E-state index in [1.54, 1.807) is 49.6 Å². The highest BCUT2D eigenvalue weighted by Crippen LogP contribution is 2.30. The van der Waals surface area contributed by atoms with Crippen molar-refractivity contribution in [2.75, 3.05) is 32.6 Å². The summed E-state index contributed by atoms with van der Waals surface area (Å²) in [5.74, 6) is 1.66. The number of nitrogens with zero attached hydrogens (tertiary/aromatic N) is 2. The van der Waals surface area contributed by atoms with Crippen LogP contribution in [-0.4, -0.2) is 55.1 Å². The number of carbonyl (C=O) groups is 2. The molecule has 37 heavy (non-hydrogen) atoms. The first kappa shape index (κ1) is 28.2. The summed E-state index contributed by atoms with van der Waals surface area (Å²) in [6, 6.07) is 13.4. The quantitative estimate of drug-likeness (QED) is 0.312. The zero-order valence-corrected chi connectivity index (χ0v) is 22.8. The van der Waals surface area contributed by atoms with Crippen LogP contribution in [0.1, 0.15) is 25.2 Å². The number of halogens is 2. The highest BCUT2D eigenvalue weighted by atomic mass is 35.5. The van der Waals surface area contributed by atoms with Crippen LogP contribution >= 0.6 is 23.2 Å². The fraction of sp³-hybridized carbons (Fsp3) is 0.333. The first-order valence-corrected chi connectivity index (χ1v) is 12.5. The SMILES string of the molecule is COc1ccc(CCN(Cc2ccco2)C(=O)CN(C(=O)Nc2c(Cl)cccc2Cl)C(C)C)cc1OC. The fourth-order valence-corrected chi connectivity index (χ4v) is 4.21. The van der Waals surface area contributed by atoms with Gasteiger partial charge in [0.05, 0.1) is 42.8 Å². The van der Waals surface area contributed by atoms with Crippen molar-refractivity contribution in [2.45, 2.75) is 32.9 Å². The topological polar surface area (TPSA) is 84.2 Å². The van der Waals surface area contributed by atoms with E-state index < -0.39 is 6.03 Å². The van der Waals surface area contributed by atoms with E-state index >= 15 is 0 Å². The number of para-hydroxylation sites is 1. The average Bonchev–Trinajstić information content (AvgIpc) is 3.39. The minimum Gasteiger partial charge on any atom is -0.493 e. The molecule has 0 saturated heterocycles. The maximum atomic E-state index is 13.5. The van der Waals surface area contributed by atoms with Gasteiger partial charge < -0.3 is 29.0 Å². The molecule has 0 radical (unpaired) electrons. The number of benzene rings is 2. The van der Waals surface area contributed by atoms with Gasteiger partial charge in [-0.25, -0.2) is 4.79 Å². The van der Waals surface area contributed by atoms with Crippen molar-refractivity contribution in [3.8, 4) is 11.5 Å². The van der Waals surface area contributed by atoms with Gasteiger partial charge in [0, 0.05) is 12.6 Å². The highest BCUT2D eigenvalue weighted by molar-refractivity contribution is 6.39. The Bertz CT molecular complexity index is 1180. The predicted molar refractivity (Wildman–Crippen MR) is 145 cm³/mol. The van der Waals surface area contributed by atoms with Crippen LogP contribution in [0.15, 0.2) is 59.2 Å². The standard InChI is InChI=1S/C27H31Cl2N3O5/c1-18(2)32(27(34)30-26-21(28)8-5-9-22(26)29)17-25(33)31(16-20-7-6-14-37-20)13-12-19-10-11-23(35-3)24(15-19)36-4/h5-11,14-15,18H,12-13,16-17H2,1-4H3,(H,30,34). The number of nitrogens with one attached hydrogen (secondary N) is 1. The minimum atomic E-state index is -0.476. The molecule has 0 aliphatic rings. The van der Waals surface area contributed by atoms with Gasteiger partial charge in [0.15, 0.2) is 11.5 Å². The molecule has 3 aromatic rings. The van der Waals surface area contributed by atoms with Gasteiger partial charge in [-0.15, -0.1) is 0 Å². The number of furan rings is 1. The number of methoxy groups -OCH3 is 2. The summed E-state index contributed by atoms with van der Waals surface area (Å²) in [4.78, 5) is 29.7. The van der Waals surface area contributed by atoms with Crippen molar-refractivity contribution in [3.05, 3.63) is 76.2 Å². The summed E-state index contributed by atoms with van der Waals surface area (Å²) in [6.07, 6.45) is 2.13. The number of amides is 3. The van der Waals surface area contributed by atoms with Gasteiger partial charge >= 0.3 is 6.03 Å². The zero-order chi connectivity index (χ0) is 26.9. The van der Waals surface area contributed by atoms with Crippen molar-refractivity contribution in [2.24, 2.45) is 0 Å². The van der Waals surface area contributed by atoms with Crippen molar-refractivity contribution in [1.29, 1.82) is 0 Å². The summed E-state index contributed by atoms with van der Waals surface area (Å²) >= 11 is 12.4. The molecule has 0 bridgehead atoms. The Morgan fingerprint density at radius 1 is 1.00 bits per heavy atom. The molecule has 10 heteroatoms. The van der Waals surface area contributed by atoms with E-state index in [1.807, 2.05) is 38.1 Å². The number of rotatable bonds is 11. The predicted octanol–water partition coefficient (Wildman–Crippen LogP) is 6.12. The Morgan fingerprint density at radius 3 is 2.30 bits per heavy atom. The smallest absolute Gasteiger partial charge is 0.322 e. The van der Waals surface area contributed by atoms with E-state index in [4.69, 9.17) is 37.1 Å². The molecule has 1 N–H and O–H groups in total. The summed E-state index contributed by atoms with van der Waals surface area (Å²) < 4.78 is 16.2. The molecule has 2 aromatic carbocycles. The van der Waals surface area contributed by atoms with Gasteiger partial charge in [0.2, 0.25) is 5.91 Å². The second-order valence-corrected chi connectivity index (χ2v) is 9.40. The van der Waals surface area contributed by atoms with Gasteiger partial charge in [0.1, 0.15) is 12.3 Å². The molecule has 0 spiro atoms. The number of carbonyl (C=O) groups excluding carboxylic acids is 2. The van der Waals surface area contributed by atoms with Crippen molar-refractivity contribution >= 4 is 40.8 Å². The number of ether oxygens (including phenoxy) is 2. The zero-order valence-electron chi connectivity index (χ0n) is 21.3. The lowest BCUT2D eigenvalue weighted by Gasteiger charge is -2.30. The number of hydrogen-bond acceptors (Lipinski definition) is 5. The van der Waals surface area contributed by atoms with Gasteiger partial charge in [-0.3, -0.25) is 4.79 Å². The summed E-state index contributed by atoms with van der Waals surface area (Å²) in [5, 5.41) is 3.36. The third kappa shape index (κ3) is 7.57. The second kappa shape index (κ2) is 13.3. The largest absolute Gasteiger partial charge is 0.493 e. The third-order valence-electron chi connectivity index (χ3n) is 5.78. The van der Waals surface area contributed by atoms with E-state index in [-0.39, 0.29) is 25.0 Å². The van der Waals surface area contributed by atoms with Crippen LogP contribution in [0.5, 0.6) is 11.5 Å². The van der Waals surface area contributed by atoms with Gasteiger partial charge in [-0.1, -0.05) is 35.3 Å². The van der Waals surface area contributed by atoms with Gasteiger partial charge in [-0.05, 0) is 62.2 Å². The average molecular weight is 548 g/mol. The van der Waals surface area contributed by atoms with Crippen LogP contribution in [0.2, 0.25) is 10.0 Å². The van der Waals surface area contributed by atoms with E-state index in [9.17, 15) is 9.59 Å². The molecule has 3 amide bonds. The van der Waals surface area contributed by atoms with E-state index in [2.05, 4.69) is 5.32 Å². The summed E-state index contributed by atoms with van der Waals surface area (Å²) in [5.41, 5.74) is 1.27. The van der Waals surface area contributed by atoms with Crippen LogP contribution in [0.4, 0.5) is 10.5 Å². The molecule has 0 atom stereocenters. The Balaban J connectivity index is 1.76. The summed E-state index contributed by atoms with van der Waals surface area (Å²) in [6.45, 7) is 4.20. The van der Waals surface area contributed by atoms with Crippen LogP contribution in [0.3, 0.4) is 0 Å². The Kier molecular flexibility index (Phi) is 10.1. The highest BCUT2D eigenvalue weighted by Gasteiger charge is 2.25. The molecular weight excluding hydrogens is 517 g/mol. The molecule has 8 nitrogen and oxygen atoms in total. The molecule has 3 rings (SSSR count). The molecule has 0 unspecified atom stereocenters. The Morgan fingerprint density at radius 2 is 1.70 bits per heavy atom. The van der Waals surface area contributed by atoms with Crippen molar-refractivity contribution < 1.29 is 23.5 Å². The molecule has 0 fully saturated rings. The van der Waals surface area contributed by atoms with Crippen LogP contribution in [-0.2, 0) is 17.8 Å². The molecule has 0 saturated carbocycles. The monoisotopic (exact) mass is 547 g/mol. The third-order valence-corrected chi connectivity index (χ3v) is 6.41. The lowest BCUT2D eigenvalue weighted by atomic mass is 10.1. The first-order valence-electron chi connectivity index (χ1n) is 11.8. The number of anilines is 1. The van der Waals surface area contributed by atoms with Crippen LogP contribution in [0, 0.1) is 0 Å². The van der Waals surface area contributed by atoms with Gasteiger partial charge in [-0.2, -0.15) is 0 Å². The normalized spacial score (nSPS) is 10.8.